The molecule has 19 heavy (non-hydrogen) atoms. The number of aromatic nitrogens is 1. The molecule has 0 bridgehead atoms. The molecule has 0 aromatic carbocycles. The fourth-order valence-corrected chi connectivity index (χ4v) is 3.61. The van der Waals surface area contributed by atoms with Gasteiger partial charge in [-0.1, -0.05) is 19.3 Å². The molecule has 0 unspecified atom stereocenters. The van der Waals surface area contributed by atoms with Crippen molar-refractivity contribution in [3.63, 3.8) is 0 Å². The normalized spacial score (nSPS) is 19.5. The fraction of sp³-hybridized carbons (Fsp3) is 0.688. The maximum Gasteiger partial charge on any atom is 0.133 e. The molecule has 0 amide bonds. The van der Waals surface area contributed by atoms with Gasteiger partial charge in [-0.15, -0.1) is 0 Å². The number of fused-ring (bicyclic) bond motifs is 1. The van der Waals surface area contributed by atoms with Crippen LogP contribution in [0.3, 0.4) is 0 Å². The van der Waals surface area contributed by atoms with Gasteiger partial charge in [0.25, 0.3) is 0 Å². The molecule has 0 atom stereocenters. The van der Waals surface area contributed by atoms with Crippen LogP contribution in [0.2, 0.25) is 0 Å². The Morgan fingerprint density at radius 1 is 1.21 bits per heavy atom. The molecule has 2 aliphatic rings. The molecule has 3 heteroatoms. The van der Waals surface area contributed by atoms with E-state index in [0.717, 1.165) is 12.2 Å². The predicted octanol–water partition coefficient (Wildman–Crippen LogP) is 2.80. The molecule has 1 aromatic heterocycles. The van der Waals surface area contributed by atoms with Crippen LogP contribution < -0.4 is 10.6 Å². The third-order valence-corrected chi connectivity index (χ3v) is 4.78. The summed E-state index contributed by atoms with van der Waals surface area (Å²) in [6, 6.07) is 2.97. The van der Waals surface area contributed by atoms with Crippen LogP contribution in [0.25, 0.3) is 0 Å². The van der Waals surface area contributed by atoms with Gasteiger partial charge in [0.1, 0.15) is 5.82 Å². The molecule has 104 valence electrons. The van der Waals surface area contributed by atoms with Crippen LogP contribution in [0.5, 0.6) is 0 Å². The summed E-state index contributed by atoms with van der Waals surface area (Å²) < 4.78 is 0. The number of hydrogen-bond acceptors (Lipinski definition) is 3. The van der Waals surface area contributed by atoms with Gasteiger partial charge >= 0.3 is 0 Å². The number of nitrogens with zero attached hydrogens (tertiary/aromatic N) is 2. The van der Waals surface area contributed by atoms with E-state index in [1.807, 2.05) is 0 Å². The standard InChI is InChI=1S/C16H25N3/c1-19(14-7-3-2-4-8-14)16-13(11-17)10-12-6-5-9-15(12)18-16/h10,14H,2-9,11,17H2,1H3. The molecule has 3 nitrogen and oxygen atoms in total. The molecule has 1 aromatic rings. The van der Waals surface area contributed by atoms with Crippen LogP contribution in [-0.2, 0) is 19.4 Å². The molecule has 0 aliphatic heterocycles. The molecule has 2 aliphatic carbocycles. The highest BCUT2D eigenvalue weighted by molar-refractivity contribution is 5.51. The number of nitrogens with two attached hydrogens (primary N) is 1. The zero-order valence-corrected chi connectivity index (χ0v) is 12.0. The summed E-state index contributed by atoms with van der Waals surface area (Å²) in [6.45, 7) is 0.604. The Kier molecular flexibility index (Phi) is 3.74. The third kappa shape index (κ3) is 2.48. The summed E-state index contributed by atoms with van der Waals surface area (Å²) >= 11 is 0. The van der Waals surface area contributed by atoms with E-state index in [2.05, 4.69) is 18.0 Å². The van der Waals surface area contributed by atoms with Crippen LogP contribution in [0.15, 0.2) is 6.07 Å². The molecule has 0 radical (unpaired) electrons. The van der Waals surface area contributed by atoms with Gasteiger partial charge in [0.05, 0.1) is 0 Å². The van der Waals surface area contributed by atoms with Gasteiger partial charge in [0.15, 0.2) is 0 Å². The molecule has 0 saturated heterocycles. The second kappa shape index (κ2) is 5.49. The molecule has 1 heterocycles. The van der Waals surface area contributed by atoms with Crippen LogP contribution in [0, 0.1) is 0 Å². The van der Waals surface area contributed by atoms with E-state index in [0.29, 0.717) is 12.6 Å². The smallest absolute Gasteiger partial charge is 0.133 e. The first-order valence-electron chi connectivity index (χ1n) is 7.74. The van der Waals surface area contributed by atoms with Gasteiger partial charge in [-0.3, -0.25) is 0 Å². The van der Waals surface area contributed by atoms with Gasteiger partial charge in [0.2, 0.25) is 0 Å². The third-order valence-electron chi connectivity index (χ3n) is 4.78. The van der Waals surface area contributed by atoms with E-state index < -0.39 is 0 Å². The molecule has 2 N–H and O–H groups in total. The first-order chi connectivity index (χ1) is 9.29. The second-order valence-electron chi connectivity index (χ2n) is 6.04. The van der Waals surface area contributed by atoms with Crippen LogP contribution >= 0.6 is 0 Å². The van der Waals surface area contributed by atoms with E-state index in [-0.39, 0.29) is 0 Å². The van der Waals surface area contributed by atoms with Gasteiger partial charge in [-0.25, -0.2) is 4.98 Å². The Morgan fingerprint density at radius 2 is 2.00 bits per heavy atom. The molecule has 0 spiro atoms. The quantitative estimate of drug-likeness (QED) is 0.907. The van der Waals surface area contributed by atoms with Crippen molar-refractivity contribution in [2.75, 3.05) is 11.9 Å². The first-order valence-corrected chi connectivity index (χ1v) is 7.74. The van der Waals surface area contributed by atoms with Crippen molar-refractivity contribution in [2.45, 2.75) is 64.0 Å². The van der Waals surface area contributed by atoms with Crippen molar-refractivity contribution in [2.24, 2.45) is 5.73 Å². The van der Waals surface area contributed by atoms with Crippen molar-refractivity contribution in [1.29, 1.82) is 0 Å². The van der Waals surface area contributed by atoms with Gasteiger partial charge in [-0.2, -0.15) is 0 Å². The topological polar surface area (TPSA) is 42.2 Å². The Hall–Kier alpha value is -1.09. The van der Waals surface area contributed by atoms with Gasteiger partial charge < -0.3 is 10.6 Å². The minimum absolute atomic E-state index is 0.604. The minimum Gasteiger partial charge on any atom is -0.356 e. The van der Waals surface area contributed by atoms with Crippen molar-refractivity contribution >= 4 is 5.82 Å². The number of pyridine rings is 1. The van der Waals surface area contributed by atoms with Crippen LogP contribution in [0.1, 0.15) is 55.3 Å². The highest BCUT2D eigenvalue weighted by Gasteiger charge is 2.23. The predicted molar refractivity (Wildman–Crippen MR) is 79.4 cm³/mol. The minimum atomic E-state index is 0.604. The summed E-state index contributed by atoms with van der Waals surface area (Å²) in [4.78, 5) is 7.35. The van der Waals surface area contributed by atoms with Crippen molar-refractivity contribution in [3.8, 4) is 0 Å². The Morgan fingerprint density at radius 3 is 2.74 bits per heavy atom. The number of hydrogen-bond donors (Lipinski definition) is 1. The SMILES string of the molecule is CN(c1nc2c(cc1CN)CCC2)C1CCCCC1. The lowest BCUT2D eigenvalue weighted by atomic mass is 9.94. The van der Waals surface area contributed by atoms with E-state index in [4.69, 9.17) is 10.7 Å². The lowest BCUT2D eigenvalue weighted by Crippen LogP contribution is -2.35. The summed E-state index contributed by atoms with van der Waals surface area (Å²) in [5, 5.41) is 0. The lowest BCUT2D eigenvalue weighted by molar-refractivity contribution is 0.425. The second-order valence-corrected chi connectivity index (χ2v) is 6.04. The summed E-state index contributed by atoms with van der Waals surface area (Å²) in [5.74, 6) is 1.15. The molecular weight excluding hydrogens is 234 g/mol. The van der Waals surface area contributed by atoms with E-state index in [9.17, 15) is 0 Å². The maximum absolute atomic E-state index is 5.95. The molecular formula is C16H25N3. The fourth-order valence-electron chi connectivity index (χ4n) is 3.61. The first kappa shape index (κ1) is 12.9. The van der Waals surface area contributed by atoms with Crippen LogP contribution in [-0.4, -0.2) is 18.1 Å². The average Bonchev–Trinajstić information content (AvgIpc) is 2.93. The van der Waals surface area contributed by atoms with Crippen molar-refractivity contribution in [3.05, 3.63) is 22.9 Å². The number of anilines is 1. The maximum atomic E-state index is 5.95. The zero-order valence-electron chi connectivity index (χ0n) is 12.0. The summed E-state index contributed by atoms with van der Waals surface area (Å²) in [5.41, 5.74) is 9.92. The molecule has 1 saturated carbocycles. The highest BCUT2D eigenvalue weighted by Crippen LogP contribution is 2.30. The van der Waals surface area contributed by atoms with Gasteiger partial charge in [-0.05, 0) is 43.7 Å². The summed E-state index contributed by atoms with van der Waals surface area (Å²) in [6.07, 6.45) is 10.3. The van der Waals surface area contributed by atoms with Gasteiger partial charge in [0, 0.05) is 30.9 Å². The Balaban J connectivity index is 1.89. The number of rotatable bonds is 3. The Bertz CT molecular complexity index is 450. The van der Waals surface area contributed by atoms with E-state index in [1.54, 1.807) is 0 Å². The molecule has 1 fully saturated rings. The van der Waals surface area contributed by atoms with Crippen molar-refractivity contribution < 1.29 is 0 Å². The lowest BCUT2D eigenvalue weighted by Gasteiger charge is -2.33. The number of aryl methyl sites for hydroxylation is 2. The monoisotopic (exact) mass is 259 g/mol. The Labute approximate surface area is 116 Å². The van der Waals surface area contributed by atoms with E-state index in [1.165, 1.54) is 61.8 Å². The van der Waals surface area contributed by atoms with E-state index >= 15 is 0 Å². The summed E-state index contributed by atoms with van der Waals surface area (Å²) in [7, 11) is 2.21. The largest absolute Gasteiger partial charge is 0.356 e. The zero-order chi connectivity index (χ0) is 13.2. The van der Waals surface area contributed by atoms with Crippen LogP contribution in [0.4, 0.5) is 5.82 Å². The molecule has 3 rings (SSSR count). The highest BCUT2D eigenvalue weighted by atomic mass is 15.2. The van der Waals surface area contributed by atoms with Crippen molar-refractivity contribution in [1.82, 2.24) is 4.98 Å². The average molecular weight is 259 g/mol.